The average Bonchev–Trinajstić information content (AvgIpc) is 2.76. The Hall–Kier alpha value is -2.04. The van der Waals surface area contributed by atoms with Gasteiger partial charge in [0.1, 0.15) is 0 Å². The molecule has 0 aliphatic carbocycles. The van der Waals surface area contributed by atoms with Crippen molar-refractivity contribution in [2.75, 3.05) is 13.1 Å². The van der Waals surface area contributed by atoms with Crippen LogP contribution in [0.25, 0.3) is 39.6 Å². The third-order valence-corrected chi connectivity index (χ3v) is 9.80. The minimum absolute atomic E-state index is 0. The van der Waals surface area contributed by atoms with Gasteiger partial charge in [0.05, 0.1) is 0 Å². The summed E-state index contributed by atoms with van der Waals surface area (Å²) in [6, 6.07) is 13.6. The van der Waals surface area contributed by atoms with Crippen molar-refractivity contribution in [1.82, 2.24) is 0 Å². The quantitative estimate of drug-likeness (QED) is 0.194. The molecule has 0 saturated heterocycles. The van der Waals surface area contributed by atoms with Crippen LogP contribution in [-0.2, 0) is 17.1 Å². The van der Waals surface area contributed by atoms with Crippen LogP contribution < -0.4 is 10.9 Å². The SMILES string of the molecule is O=c1c2c(oc3ccccc13)[N-][Sn]([Cl])([Cl])[N-]c1oc3ccccc3c(=O)c1[N-]CCC[N-]2.[Cu+2]. The Morgan fingerprint density at radius 3 is 1.61 bits per heavy atom. The van der Waals surface area contributed by atoms with Crippen LogP contribution in [0.4, 0.5) is 23.1 Å². The van der Waals surface area contributed by atoms with Gasteiger partial charge in [-0.3, -0.25) is 0 Å². The third-order valence-electron chi connectivity index (χ3n) is 4.84. The fourth-order valence-electron chi connectivity index (χ4n) is 3.39. The fourth-order valence-corrected chi connectivity index (χ4v) is 7.86. The minimum atomic E-state index is -4.75. The van der Waals surface area contributed by atoms with Crippen LogP contribution in [0.1, 0.15) is 6.42 Å². The van der Waals surface area contributed by atoms with Crippen LogP contribution in [0.2, 0.25) is 0 Å². The number of benzene rings is 2. The molecule has 8 nitrogen and oxygen atoms in total. The van der Waals surface area contributed by atoms with E-state index < -0.39 is 16.7 Å². The molecule has 0 saturated carbocycles. The summed E-state index contributed by atoms with van der Waals surface area (Å²) in [7, 11) is 13.1. The molecule has 4 aromatic rings. The Morgan fingerprint density at radius 1 is 0.727 bits per heavy atom. The first kappa shape index (κ1) is 24.1. The van der Waals surface area contributed by atoms with Gasteiger partial charge in [-0.1, -0.05) is 0 Å². The van der Waals surface area contributed by atoms with Gasteiger partial charge in [0.25, 0.3) is 0 Å². The molecule has 2 aromatic heterocycles. The summed E-state index contributed by atoms with van der Waals surface area (Å²) in [5, 5.41) is 9.52. The van der Waals surface area contributed by atoms with E-state index in [9.17, 15) is 9.59 Å². The molecule has 5 rings (SSSR count). The van der Waals surface area contributed by atoms with Gasteiger partial charge in [0.2, 0.25) is 0 Å². The van der Waals surface area contributed by atoms with Crippen molar-refractivity contribution in [1.29, 1.82) is 0 Å². The van der Waals surface area contributed by atoms with Crippen LogP contribution in [0.15, 0.2) is 67.0 Å². The molecular weight excluding hydrogens is 625 g/mol. The Balaban J connectivity index is 0.00000259. The van der Waals surface area contributed by atoms with Crippen molar-refractivity contribution < 1.29 is 25.9 Å². The molecule has 0 atom stereocenters. The summed E-state index contributed by atoms with van der Waals surface area (Å²) in [6.07, 6.45) is 0.480. The standard InChI is InChI=1S/C21H14N4O4.2ClH.Cu.Sn/c22-20-16(18(26)12-6-1-3-8-14(12)28-20)24-10-5-11-25-17-19(27)13-7-2-4-9-15(13)29-21(17)23;;;;/h1-4,6-9H,5,10-11H2;2*1H;;/q-4;;;2*+2/p-2. The maximum atomic E-state index is 13.0. The van der Waals surface area contributed by atoms with E-state index >= 15 is 0 Å². The second kappa shape index (κ2) is 9.67. The van der Waals surface area contributed by atoms with Gasteiger partial charge >= 0.3 is 212 Å². The largest absolute Gasteiger partial charge is 2.00 e. The van der Waals surface area contributed by atoms with Crippen molar-refractivity contribution in [3.63, 3.8) is 0 Å². The predicted molar refractivity (Wildman–Crippen MR) is 129 cm³/mol. The molecule has 0 unspecified atom stereocenters. The normalized spacial score (nSPS) is 15.2. The van der Waals surface area contributed by atoms with Crippen LogP contribution in [0, 0.1) is 0 Å². The summed E-state index contributed by atoms with van der Waals surface area (Å²) in [6.45, 7) is 0.543. The summed E-state index contributed by atoms with van der Waals surface area (Å²) >= 11 is -4.75. The number of halogens is 2. The number of rotatable bonds is 0. The summed E-state index contributed by atoms with van der Waals surface area (Å²) in [4.78, 5) is 26.0. The number of fused-ring (bicyclic) bond motifs is 4. The molecule has 0 spiro atoms. The van der Waals surface area contributed by atoms with Crippen LogP contribution in [0.3, 0.4) is 0 Å². The summed E-state index contributed by atoms with van der Waals surface area (Å²) < 4.78 is 20.3. The maximum Gasteiger partial charge on any atom is 2.00 e. The Kier molecular flexibility index (Phi) is 7.06. The molecule has 12 heteroatoms. The molecule has 0 amide bonds. The molecule has 0 N–H and O–H groups in total. The molecule has 1 radical (unpaired) electrons. The van der Waals surface area contributed by atoms with Gasteiger partial charge in [-0.15, -0.1) is 0 Å². The first-order valence-corrected chi connectivity index (χ1v) is 19.5. The van der Waals surface area contributed by atoms with Crippen LogP contribution in [-0.4, -0.2) is 29.8 Å². The number of para-hydroxylation sites is 2. The van der Waals surface area contributed by atoms with Gasteiger partial charge in [0.15, 0.2) is 0 Å². The topological polar surface area (TPSA) is 117 Å². The number of nitrogens with zero attached hydrogens (tertiary/aromatic N) is 4. The number of hydrogen-bond donors (Lipinski definition) is 0. The minimum Gasteiger partial charge on any atom is 2.00 e. The van der Waals surface area contributed by atoms with E-state index in [-0.39, 0.29) is 64.2 Å². The second-order valence-electron chi connectivity index (χ2n) is 7.01. The van der Waals surface area contributed by atoms with Crippen molar-refractivity contribution in [3.8, 4) is 0 Å². The second-order valence-corrected chi connectivity index (χ2v) is 19.6. The zero-order chi connectivity index (χ0) is 22.3. The summed E-state index contributed by atoms with van der Waals surface area (Å²) in [5.74, 6) is -0.138. The molecular formula is C21H14Cl2CuN4O4Sn-2. The Labute approximate surface area is 210 Å². The zero-order valence-electron chi connectivity index (χ0n) is 16.7. The first-order valence-electron chi connectivity index (χ1n) is 9.73. The monoisotopic (exact) mass is 639 g/mol. The average molecular weight is 640 g/mol. The zero-order valence-corrected chi connectivity index (χ0v) is 22.0. The van der Waals surface area contributed by atoms with Gasteiger partial charge in [0, 0.05) is 0 Å². The van der Waals surface area contributed by atoms with Gasteiger partial charge in [-0.25, -0.2) is 0 Å². The fraction of sp³-hybridized carbons (Fsp3) is 0.143. The van der Waals surface area contributed by atoms with Crippen molar-refractivity contribution in [2.45, 2.75) is 6.42 Å². The molecule has 0 bridgehead atoms. The van der Waals surface area contributed by atoms with E-state index in [0.29, 0.717) is 28.4 Å². The van der Waals surface area contributed by atoms with Gasteiger partial charge in [-0.2, -0.15) is 0 Å². The molecule has 2 aromatic carbocycles. The number of hydrogen-bond acceptors (Lipinski definition) is 4. The van der Waals surface area contributed by atoms with Gasteiger partial charge < -0.3 is 0 Å². The molecule has 1 aliphatic heterocycles. The molecule has 3 heterocycles. The van der Waals surface area contributed by atoms with E-state index in [1.165, 1.54) is 0 Å². The third kappa shape index (κ3) is 4.78. The first-order chi connectivity index (χ1) is 15.4. The van der Waals surface area contributed by atoms with E-state index in [1.807, 2.05) is 0 Å². The van der Waals surface area contributed by atoms with Gasteiger partial charge in [-0.05, 0) is 0 Å². The summed E-state index contributed by atoms with van der Waals surface area (Å²) in [5.41, 5.74) is 0.112. The van der Waals surface area contributed by atoms with E-state index in [1.54, 1.807) is 48.5 Å². The molecule has 33 heavy (non-hydrogen) atoms. The molecule has 173 valence electrons. The van der Waals surface area contributed by atoms with Crippen LogP contribution >= 0.6 is 17.8 Å². The smallest absolute Gasteiger partial charge is 2.00 e. The molecule has 0 fully saturated rings. The predicted octanol–water partition coefficient (Wildman–Crippen LogP) is 6.93. The Bertz CT molecular complexity index is 1350. The van der Waals surface area contributed by atoms with E-state index in [2.05, 4.69) is 17.7 Å². The maximum absolute atomic E-state index is 13.0. The Morgan fingerprint density at radius 2 is 1.15 bits per heavy atom. The van der Waals surface area contributed by atoms with E-state index in [4.69, 9.17) is 26.7 Å². The van der Waals surface area contributed by atoms with Crippen molar-refractivity contribution in [3.05, 3.63) is 86.7 Å². The van der Waals surface area contributed by atoms with Crippen LogP contribution in [0.5, 0.6) is 0 Å². The van der Waals surface area contributed by atoms with Crippen molar-refractivity contribution >= 4 is 79.6 Å². The van der Waals surface area contributed by atoms with E-state index in [0.717, 1.165) is 0 Å². The molecule has 1 aliphatic rings. The van der Waals surface area contributed by atoms with Crippen molar-refractivity contribution in [2.24, 2.45) is 0 Å².